The van der Waals surface area contributed by atoms with Gasteiger partial charge in [0.05, 0.1) is 17.3 Å². The Hall–Kier alpha value is -2.15. The average Bonchev–Trinajstić information content (AvgIpc) is 3.12. The highest BCUT2D eigenvalue weighted by Gasteiger charge is 2.32. The smallest absolute Gasteiger partial charge is 0.257 e. The number of nitrogens with zero attached hydrogens (tertiary/aromatic N) is 6. The number of carbonyl (C=O) groups excluding carboxylic acids is 1. The van der Waals surface area contributed by atoms with Gasteiger partial charge in [0.1, 0.15) is 5.82 Å². The molecule has 1 aliphatic rings. The van der Waals surface area contributed by atoms with Crippen molar-refractivity contribution in [3.63, 3.8) is 0 Å². The number of amides is 1. The van der Waals surface area contributed by atoms with E-state index in [1.807, 2.05) is 42.9 Å². The number of hydrogen-bond acceptors (Lipinski definition) is 4. The fourth-order valence-corrected chi connectivity index (χ4v) is 3.18. The summed E-state index contributed by atoms with van der Waals surface area (Å²) in [6.07, 6.45) is 6.34. The summed E-state index contributed by atoms with van der Waals surface area (Å²) in [6, 6.07) is 0.120. The van der Waals surface area contributed by atoms with Gasteiger partial charge < -0.3 is 9.47 Å². The maximum atomic E-state index is 12.9. The third-order valence-electron chi connectivity index (χ3n) is 4.56. The number of rotatable bonds is 3. The Bertz CT molecular complexity index is 703. The Morgan fingerprint density at radius 2 is 2.09 bits per heavy atom. The lowest BCUT2D eigenvalue weighted by atomic mass is 10.1. The number of aromatic nitrogens is 4. The standard InChI is InChI=1S/C16H24N6O/c1-5-13-12(10-21(4)18-13)16(23)22-9-8-19(2)14(11-22)15-17-6-7-20(15)3/h6-7,10,14H,5,8-9,11H2,1-4H3/t14-/m0/s1. The van der Waals surface area contributed by atoms with E-state index in [0.29, 0.717) is 6.54 Å². The van der Waals surface area contributed by atoms with Gasteiger partial charge in [-0.2, -0.15) is 5.10 Å². The van der Waals surface area contributed by atoms with Gasteiger partial charge in [-0.25, -0.2) is 4.98 Å². The highest BCUT2D eigenvalue weighted by molar-refractivity contribution is 5.95. The van der Waals surface area contributed by atoms with Crippen LogP contribution in [0.3, 0.4) is 0 Å². The molecule has 0 spiro atoms. The van der Waals surface area contributed by atoms with Gasteiger partial charge in [-0.15, -0.1) is 0 Å². The monoisotopic (exact) mass is 316 g/mol. The molecule has 23 heavy (non-hydrogen) atoms. The van der Waals surface area contributed by atoms with Crippen molar-refractivity contribution in [3.8, 4) is 0 Å². The van der Waals surface area contributed by atoms with Crippen LogP contribution in [0, 0.1) is 0 Å². The molecule has 0 N–H and O–H groups in total. The van der Waals surface area contributed by atoms with Gasteiger partial charge in [0.15, 0.2) is 0 Å². The maximum absolute atomic E-state index is 12.9. The van der Waals surface area contributed by atoms with Crippen LogP contribution in [0.2, 0.25) is 0 Å². The Labute approximate surface area is 136 Å². The summed E-state index contributed by atoms with van der Waals surface area (Å²) in [4.78, 5) is 21.6. The van der Waals surface area contributed by atoms with E-state index in [0.717, 1.165) is 36.6 Å². The number of piperazine rings is 1. The fraction of sp³-hybridized carbons (Fsp3) is 0.562. The molecule has 1 amide bonds. The lowest BCUT2D eigenvalue weighted by molar-refractivity contribution is 0.0528. The normalized spacial score (nSPS) is 19.3. The van der Waals surface area contributed by atoms with Crippen LogP contribution in [0.5, 0.6) is 0 Å². The Kier molecular flexibility index (Phi) is 4.21. The number of likely N-dealkylation sites (N-methyl/N-ethyl adjacent to an activating group) is 1. The van der Waals surface area contributed by atoms with Crippen LogP contribution in [0.1, 0.15) is 34.8 Å². The predicted octanol–water partition coefficient (Wildman–Crippen LogP) is 0.845. The minimum atomic E-state index is 0.0715. The lowest BCUT2D eigenvalue weighted by Gasteiger charge is -2.39. The van der Waals surface area contributed by atoms with E-state index in [1.54, 1.807) is 10.9 Å². The zero-order valence-corrected chi connectivity index (χ0v) is 14.2. The second-order valence-electron chi connectivity index (χ2n) is 6.16. The van der Waals surface area contributed by atoms with E-state index in [2.05, 4.69) is 22.0 Å². The molecule has 3 rings (SSSR count). The van der Waals surface area contributed by atoms with Crippen LogP contribution in [0.25, 0.3) is 0 Å². The van der Waals surface area contributed by atoms with Crippen molar-refractivity contribution in [2.75, 3.05) is 26.7 Å². The predicted molar refractivity (Wildman–Crippen MR) is 87.1 cm³/mol. The van der Waals surface area contributed by atoms with Gasteiger partial charge in [0.2, 0.25) is 0 Å². The van der Waals surface area contributed by atoms with Crippen molar-refractivity contribution in [1.29, 1.82) is 0 Å². The SMILES string of the molecule is CCc1nn(C)cc1C(=O)N1CCN(C)[C@H](c2nccn2C)C1. The largest absolute Gasteiger partial charge is 0.337 e. The zero-order valence-electron chi connectivity index (χ0n) is 14.2. The zero-order chi connectivity index (χ0) is 16.6. The van der Waals surface area contributed by atoms with E-state index >= 15 is 0 Å². The minimum absolute atomic E-state index is 0.0715. The summed E-state index contributed by atoms with van der Waals surface area (Å²) in [7, 11) is 5.94. The molecule has 7 nitrogen and oxygen atoms in total. The molecule has 3 heterocycles. The Morgan fingerprint density at radius 3 is 2.74 bits per heavy atom. The molecule has 2 aromatic heterocycles. The van der Waals surface area contributed by atoms with Crippen molar-refractivity contribution in [3.05, 3.63) is 35.7 Å². The van der Waals surface area contributed by atoms with Crippen LogP contribution in [0.15, 0.2) is 18.6 Å². The molecule has 0 aromatic carbocycles. The average molecular weight is 316 g/mol. The van der Waals surface area contributed by atoms with Crippen LogP contribution in [0.4, 0.5) is 0 Å². The van der Waals surface area contributed by atoms with Gasteiger partial charge in [0.25, 0.3) is 5.91 Å². The number of hydrogen-bond donors (Lipinski definition) is 0. The van der Waals surface area contributed by atoms with Gasteiger partial charge in [-0.3, -0.25) is 14.4 Å². The van der Waals surface area contributed by atoms with Crippen LogP contribution in [-0.2, 0) is 20.5 Å². The second-order valence-corrected chi connectivity index (χ2v) is 6.16. The quantitative estimate of drug-likeness (QED) is 0.842. The fourth-order valence-electron chi connectivity index (χ4n) is 3.18. The van der Waals surface area contributed by atoms with Crippen molar-refractivity contribution in [2.24, 2.45) is 14.1 Å². The van der Waals surface area contributed by atoms with E-state index in [4.69, 9.17) is 0 Å². The third-order valence-corrected chi connectivity index (χ3v) is 4.56. The third kappa shape index (κ3) is 2.88. The van der Waals surface area contributed by atoms with E-state index in [9.17, 15) is 4.79 Å². The van der Waals surface area contributed by atoms with E-state index < -0.39 is 0 Å². The molecule has 0 aliphatic carbocycles. The second kappa shape index (κ2) is 6.16. The number of carbonyl (C=O) groups is 1. The molecule has 0 bridgehead atoms. The van der Waals surface area contributed by atoms with Crippen molar-refractivity contribution < 1.29 is 4.79 Å². The molecular weight excluding hydrogens is 292 g/mol. The highest BCUT2D eigenvalue weighted by Crippen LogP contribution is 2.24. The molecule has 0 unspecified atom stereocenters. The first-order chi connectivity index (χ1) is 11.0. The van der Waals surface area contributed by atoms with Crippen LogP contribution in [-0.4, -0.2) is 61.7 Å². The molecule has 0 radical (unpaired) electrons. The topological polar surface area (TPSA) is 59.2 Å². The molecule has 1 fully saturated rings. The first-order valence-corrected chi connectivity index (χ1v) is 8.00. The molecule has 0 saturated carbocycles. The molecule has 2 aromatic rings. The van der Waals surface area contributed by atoms with Crippen molar-refractivity contribution in [1.82, 2.24) is 29.1 Å². The molecule has 124 valence electrons. The van der Waals surface area contributed by atoms with Gasteiger partial charge in [-0.05, 0) is 13.5 Å². The lowest BCUT2D eigenvalue weighted by Crippen LogP contribution is -2.49. The van der Waals surface area contributed by atoms with Gasteiger partial charge >= 0.3 is 0 Å². The van der Waals surface area contributed by atoms with E-state index in [-0.39, 0.29) is 11.9 Å². The molecule has 1 atom stereocenters. The van der Waals surface area contributed by atoms with E-state index in [1.165, 1.54) is 0 Å². The van der Waals surface area contributed by atoms with Gasteiger partial charge in [-0.1, -0.05) is 6.92 Å². The van der Waals surface area contributed by atoms with Crippen LogP contribution < -0.4 is 0 Å². The first kappa shape index (κ1) is 15.7. The number of imidazole rings is 1. The molecule has 1 aliphatic heterocycles. The van der Waals surface area contributed by atoms with Gasteiger partial charge in [0, 0.05) is 52.3 Å². The molecule has 7 heteroatoms. The van der Waals surface area contributed by atoms with Crippen molar-refractivity contribution >= 4 is 5.91 Å². The minimum Gasteiger partial charge on any atom is -0.337 e. The maximum Gasteiger partial charge on any atom is 0.257 e. The van der Waals surface area contributed by atoms with Crippen molar-refractivity contribution in [2.45, 2.75) is 19.4 Å². The summed E-state index contributed by atoms with van der Waals surface area (Å²) >= 11 is 0. The first-order valence-electron chi connectivity index (χ1n) is 8.00. The summed E-state index contributed by atoms with van der Waals surface area (Å²) in [5, 5.41) is 4.39. The summed E-state index contributed by atoms with van der Waals surface area (Å²) in [5.74, 6) is 1.06. The Morgan fingerprint density at radius 1 is 1.30 bits per heavy atom. The summed E-state index contributed by atoms with van der Waals surface area (Å²) in [6.45, 7) is 4.25. The molecule has 1 saturated heterocycles. The number of aryl methyl sites for hydroxylation is 3. The van der Waals surface area contributed by atoms with Crippen LogP contribution >= 0.6 is 0 Å². The highest BCUT2D eigenvalue weighted by atomic mass is 16.2. The summed E-state index contributed by atoms with van der Waals surface area (Å²) < 4.78 is 3.75. The summed E-state index contributed by atoms with van der Waals surface area (Å²) in [5.41, 5.74) is 1.59. The molecular formula is C16H24N6O. The Balaban J connectivity index is 1.83.